The second-order valence-corrected chi connectivity index (χ2v) is 2.33. The van der Waals surface area contributed by atoms with E-state index in [1.54, 1.807) is 19.2 Å². The summed E-state index contributed by atoms with van der Waals surface area (Å²) in [6.45, 7) is 2.13. The van der Waals surface area contributed by atoms with Crippen molar-refractivity contribution in [2.45, 2.75) is 6.92 Å². The minimum absolute atomic E-state index is 0.366. The van der Waals surface area contributed by atoms with Crippen LogP contribution in [0.3, 0.4) is 0 Å². The largest absolute Gasteiger partial charge is 0.461 e. The van der Waals surface area contributed by atoms with Crippen LogP contribution in [0.4, 0.5) is 5.69 Å². The van der Waals surface area contributed by atoms with Gasteiger partial charge in [0.25, 0.3) is 0 Å². The normalized spacial score (nSPS) is 9.69. The molecule has 1 rings (SSSR count). The van der Waals surface area contributed by atoms with Crippen LogP contribution in [-0.4, -0.2) is 24.7 Å². The molecule has 13 heavy (non-hydrogen) atoms. The lowest BCUT2D eigenvalue weighted by atomic mass is 10.4. The molecule has 2 N–H and O–H groups in total. The SMILES string of the molecule is CCOC(=O)c1cc(NOC)c[nH]1. The number of rotatable bonds is 4. The van der Waals surface area contributed by atoms with Gasteiger partial charge in [0.15, 0.2) is 0 Å². The Kier molecular flexibility index (Phi) is 3.33. The van der Waals surface area contributed by atoms with E-state index in [4.69, 9.17) is 4.74 Å². The third-order valence-corrected chi connectivity index (χ3v) is 1.40. The molecule has 1 aromatic heterocycles. The minimum atomic E-state index is -0.369. The molecule has 1 heterocycles. The molecular formula is C8H12N2O3. The topological polar surface area (TPSA) is 63.4 Å². The lowest BCUT2D eigenvalue weighted by Crippen LogP contribution is -2.04. The molecule has 0 aliphatic rings. The Morgan fingerprint density at radius 1 is 1.69 bits per heavy atom. The van der Waals surface area contributed by atoms with Gasteiger partial charge in [-0.1, -0.05) is 0 Å². The molecule has 0 fully saturated rings. The van der Waals surface area contributed by atoms with E-state index in [1.165, 1.54) is 7.11 Å². The molecule has 5 heteroatoms. The van der Waals surface area contributed by atoms with Crippen molar-refractivity contribution in [3.8, 4) is 0 Å². The van der Waals surface area contributed by atoms with Gasteiger partial charge < -0.3 is 9.72 Å². The molecule has 0 saturated carbocycles. The molecule has 5 nitrogen and oxygen atoms in total. The van der Waals surface area contributed by atoms with E-state index in [0.717, 1.165) is 0 Å². The zero-order valence-corrected chi connectivity index (χ0v) is 7.59. The van der Waals surface area contributed by atoms with Crippen LogP contribution in [0.15, 0.2) is 12.3 Å². The summed E-state index contributed by atoms with van der Waals surface area (Å²) in [5.41, 5.74) is 3.68. The summed E-state index contributed by atoms with van der Waals surface area (Å²) < 4.78 is 4.78. The Labute approximate surface area is 76.0 Å². The molecule has 0 aliphatic carbocycles. The summed E-state index contributed by atoms with van der Waals surface area (Å²) in [6.07, 6.45) is 1.62. The average Bonchev–Trinajstić information content (AvgIpc) is 2.54. The maximum Gasteiger partial charge on any atom is 0.354 e. The van der Waals surface area contributed by atoms with Crippen LogP contribution in [0.5, 0.6) is 0 Å². The van der Waals surface area contributed by atoms with Crippen LogP contribution in [0, 0.1) is 0 Å². The van der Waals surface area contributed by atoms with Crippen LogP contribution in [0.2, 0.25) is 0 Å². The Hall–Kier alpha value is -1.49. The first-order chi connectivity index (χ1) is 6.27. The number of hydrogen-bond acceptors (Lipinski definition) is 4. The number of hydrogen-bond donors (Lipinski definition) is 2. The van der Waals surface area contributed by atoms with Gasteiger partial charge in [-0.3, -0.25) is 10.3 Å². The maximum atomic E-state index is 11.1. The van der Waals surface area contributed by atoms with E-state index in [1.807, 2.05) is 0 Å². The van der Waals surface area contributed by atoms with Gasteiger partial charge in [0, 0.05) is 6.20 Å². The highest BCUT2D eigenvalue weighted by Crippen LogP contribution is 2.09. The number of ether oxygens (including phenoxy) is 1. The summed E-state index contributed by atoms with van der Waals surface area (Å²) in [6, 6.07) is 1.61. The van der Waals surface area contributed by atoms with Gasteiger partial charge in [0.05, 0.1) is 19.4 Å². The zero-order chi connectivity index (χ0) is 9.68. The van der Waals surface area contributed by atoms with Crippen molar-refractivity contribution >= 4 is 11.7 Å². The van der Waals surface area contributed by atoms with E-state index in [9.17, 15) is 4.79 Å². The number of esters is 1. The third kappa shape index (κ3) is 2.48. The van der Waals surface area contributed by atoms with Crippen LogP contribution >= 0.6 is 0 Å². The fourth-order valence-corrected chi connectivity index (χ4v) is 0.898. The Balaban J connectivity index is 2.62. The van der Waals surface area contributed by atoms with Crippen molar-refractivity contribution in [1.29, 1.82) is 0 Å². The van der Waals surface area contributed by atoms with Crippen LogP contribution in [0.1, 0.15) is 17.4 Å². The first-order valence-electron chi connectivity index (χ1n) is 3.92. The fourth-order valence-electron chi connectivity index (χ4n) is 0.898. The van der Waals surface area contributed by atoms with Crippen molar-refractivity contribution in [2.24, 2.45) is 0 Å². The van der Waals surface area contributed by atoms with Gasteiger partial charge in [-0.25, -0.2) is 4.79 Å². The van der Waals surface area contributed by atoms with Crippen molar-refractivity contribution in [2.75, 3.05) is 19.2 Å². The van der Waals surface area contributed by atoms with Gasteiger partial charge in [-0.2, -0.15) is 0 Å². The number of anilines is 1. The van der Waals surface area contributed by atoms with Crippen molar-refractivity contribution in [3.63, 3.8) is 0 Å². The smallest absolute Gasteiger partial charge is 0.354 e. The minimum Gasteiger partial charge on any atom is -0.461 e. The highest BCUT2D eigenvalue weighted by atomic mass is 16.6. The molecule has 0 atom stereocenters. The molecule has 0 amide bonds. The second kappa shape index (κ2) is 4.51. The number of aromatic amines is 1. The van der Waals surface area contributed by atoms with Gasteiger partial charge >= 0.3 is 5.97 Å². The fraction of sp³-hybridized carbons (Fsp3) is 0.375. The van der Waals surface area contributed by atoms with Crippen molar-refractivity contribution in [1.82, 2.24) is 4.98 Å². The molecular weight excluding hydrogens is 172 g/mol. The molecule has 1 aromatic rings. The van der Waals surface area contributed by atoms with E-state index >= 15 is 0 Å². The molecule has 0 spiro atoms. The van der Waals surface area contributed by atoms with E-state index in [-0.39, 0.29) is 5.97 Å². The summed E-state index contributed by atoms with van der Waals surface area (Å²) in [5, 5.41) is 0. The first kappa shape index (κ1) is 9.60. The summed E-state index contributed by atoms with van der Waals surface area (Å²) in [5.74, 6) is -0.369. The number of aromatic nitrogens is 1. The number of carbonyl (C=O) groups is 1. The van der Waals surface area contributed by atoms with Gasteiger partial charge in [0.1, 0.15) is 5.69 Å². The lowest BCUT2D eigenvalue weighted by Gasteiger charge is -1.97. The van der Waals surface area contributed by atoms with E-state index in [0.29, 0.717) is 18.0 Å². The molecule has 0 aromatic carbocycles. The predicted molar refractivity (Wildman–Crippen MR) is 47.4 cm³/mol. The van der Waals surface area contributed by atoms with Gasteiger partial charge in [-0.05, 0) is 13.0 Å². The molecule has 0 saturated heterocycles. The predicted octanol–water partition coefficient (Wildman–Crippen LogP) is 1.16. The number of carbonyl (C=O) groups excluding carboxylic acids is 1. The Bertz CT molecular complexity index is 283. The van der Waals surface area contributed by atoms with Gasteiger partial charge in [-0.15, -0.1) is 0 Å². The number of nitrogens with one attached hydrogen (secondary N) is 2. The first-order valence-corrected chi connectivity index (χ1v) is 3.92. The number of H-pyrrole nitrogens is 1. The third-order valence-electron chi connectivity index (χ3n) is 1.40. The summed E-state index contributed by atoms with van der Waals surface area (Å²) in [4.78, 5) is 18.6. The highest BCUT2D eigenvalue weighted by molar-refractivity contribution is 5.88. The zero-order valence-electron chi connectivity index (χ0n) is 7.59. The lowest BCUT2D eigenvalue weighted by molar-refractivity contribution is 0.0520. The standard InChI is InChI=1S/C8H12N2O3/c1-3-13-8(11)7-4-6(5-9-7)10-12-2/h4-5,9-10H,3H2,1-2H3. The quantitative estimate of drug-likeness (QED) is 0.544. The summed E-state index contributed by atoms with van der Waals surface area (Å²) >= 11 is 0. The molecule has 72 valence electrons. The van der Waals surface area contributed by atoms with Crippen LogP contribution < -0.4 is 5.48 Å². The Morgan fingerprint density at radius 3 is 3.08 bits per heavy atom. The van der Waals surface area contributed by atoms with Crippen molar-refractivity contribution in [3.05, 3.63) is 18.0 Å². The van der Waals surface area contributed by atoms with Crippen molar-refractivity contribution < 1.29 is 14.4 Å². The van der Waals surface area contributed by atoms with Crippen LogP contribution in [-0.2, 0) is 9.57 Å². The van der Waals surface area contributed by atoms with Crippen LogP contribution in [0.25, 0.3) is 0 Å². The maximum absolute atomic E-state index is 11.1. The second-order valence-electron chi connectivity index (χ2n) is 2.33. The summed E-state index contributed by atoms with van der Waals surface area (Å²) in [7, 11) is 1.50. The molecule has 0 radical (unpaired) electrons. The average molecular weight is 184 g/mol. The monoisotopic (exact) mass is 184 g/mol. The van der Waals surface area contributed by atoms with E-state index in [2.05, 4.69) is 15.3 Å². The molecule has 0 aliphatic heterocycles. The van der Waals surface area contributed by atoms with Gasteiger partial charge in [0.2, 0.25) is 0 Å². The highest BCUT2D eigenvalue weighted by Gasteiger charge is 2.08. The molecule has 0 bridgehead atoms. The van der Waals surface area contributed by atoms with E-state index < -0.39 is 0 Å². The Morgan fingerprint density at radius 2 is 2.46 bits per heavy atom. The molecule has 0 unspecified atom stereocenters.